The summed E-state index contributed by atoms with van der Waals surface area (Å²) in [7, 11) is 0. The number of halogens is 4. The minimum atomic E-state index is -4.96. The monoisotopic (exact) mass is 463 g/mol. The van der Waals surface area contributed by atoms with Crippen molar-refractivity contribution in [1.29, 1.82) is 0 Å². The van der Waals surface area contributed by atoms with Crippen molar-refractivity contribution in [2.45, 2.75) is 52.8 Å². The molecule has 1 heterocycles. The topological polar surface area (TPSA) is 46.5 Å². The second-order valence-corrected chi connectivity index (χ2v) is 7.41. The van der Waals surface area contributed by atoms with Crippen LogP contribution < -0.4 is 10.1 Å². The van der Waals surface area contributed by atoms with Gasteiger partial charge in [0.25, 0.3) is 0 Å². The van der Waals surface area contributed by atoms with Crippen LogP contribution in [0, 0.1) is 11.7 Å². The highest BCUT2D eigenvalue weighted by molar-refractivity contribution is 5.99. The summed E-state index contributed by atoms with van der Waals surface area (Å²) in [5.74, 6) is -1.29. The maximum Gasteiger partial charge on any atom is 0.573 e. The molecule has 0 aliphatic heterocycles. The minimum absolute atomic E-state index is 0.238. The molecule has 2 rings (SSSR count). The molecular formula is C25H29F4N3O. The van der Waals surface area contributed by atoms with Gasteiger partial charge in [0, 0.05) is 35.1 Å². The van der Waals surface area contributed by atoms with Gasteiger partial charge in [-0.3, -0.25) is 4.99 Å². The number of ether oxygens (including phenoxy) is 1. The standard InChI is InChI=1S/C25H29F4N3O/c1-5-9-10-17(6-2)21(7-3)32-22(8-4)18-11-14-24(30-16-18)31-19-12-13-23(20(26)15-19)33-25(27,28)29/h7-8,11-17H,3,5-6,9-10H2,1-2,4H3,(H,30,31)/t17-/m0/s1. The van der Waals surface area contributed by atoms with Gasteiger partial charge in [-0.1, -0.05) is 39.3 Å². The summed E-state index contributed by atoms with van der Waals surface area (Å²) < 4.78 is 54.4. The summed E-state index contributed by atoms with van der Waals surface area (Å²) in [5, 5.41) is 2.86. The highest BCUT2D eigenvalue weighted by Crippen LogP contribution is 2.29. The Morgan fingerprint density at radius 1 is 1.24 bits per heavy atom. The zero-order valence-corrected chi connectivity index (χ0v) is 19.0. The van der Waals surface area contributed by atoms with Crippen molar-refractivity contribution < 1.29 is 22.3 Å². The Kier molecular flexibility index (Phi) is 9.63. The van der Waals surface area contributed by atoms with Gasteiger partial charge in [0.05, 0.1) is 5.70 Å². The Morgan fingerprint density at radius 3 is 2.52 bits per heavy atom. The summed E-state index contributed by atoms with van der Waals surface area (Å²) in [4.78, 5) is 9.14. The average Bonchev–Trinajstić information content (AvgIpc) is 2.78. The van der Waals surface area contributed by atoms with Crippen molar-refractivity contribution in [1.82, 2.24) is 4.98 Å². The molecule has 1 atom stereocenters. The molecule has 0 saturated carbocycles. The zero-order chi connectivity index (χ0) is 24.4. The predicted octanol–water partition coefficient (Wildman–Crippen LogP) is 8.07. The summed E-state index contributed by atoms with van der Waals surface area (Å²) in [6, 6.07) is 6.61. The summed E-state index contributed by atoms with van der Waals surface area (Å²) in [6.45, 7) is 10.1. The van der Waals surface area contributed by atoms with E-state index in [-0.39, 0.29) is 5.69 Å². The van der Waals surface area contributed by atoms with Crippen LogP contribution in [0.2, 0.25) is 0 Å². The van der Waals surface area contributed by atoms with Crippen molar-refractivity contribution in [2.75, 3.05) is 5.32 Å². The summed E-state index contributed by atoms with van der Waals surface area (Å²) in [6.07, 6.45) is 4.66. The summed E-state index contributed by atoms with van der Waals surface area (Å²) >= 11 is 0. The Morgan fingerprint density at radius 2 is 2.00 bits per heavy atom. The number of aromatic nitrogens is 1. The van der Waals surface area contributed by atoms with Gasteiger partial charge >= 0.3 is 6.36 Å². The number of unbranched alkanes of at least 4 members (excludes halogenated alkanes) is 1. The fourth-order valence-electron chi connectivity index (χ4n) is 3.30. The van der Waals surface area contributed by atoms with Crippen LogP contribution in [0.25, 0.3) is 5.70 Å². The Labute approximate surface area is 192 Å². The largest absolute Gasteiger partial charge is 0.573 e. The quantitative estimate of drug-likeness (QED) is 0.271. The molecule has 1 N–H and O–H groups in total. The Bertz CT molecular complexity index is 982. The molecule has 33 heavy (non-hydrogen) atoms. The van der Waals surface area contributed by atoms with Crippen molar-refractivity contribution in [3.63, 3.8) is 0 Å². The first-order chi connectivity index (χ1) is 15.7. The molecule has 1 aromatic heterocycles. The van der Waals surface area contributed by atoms with E-state index < -0.39 is 17.9 Å². The second kappa shape index (κ2) is 12.2. The molecule has 0 amide bonds. The fourth-order valence-corrected chi connectivity index (χ4v) is 3.30. The van der Waals surface area contributed by atoms with Crippen LogP contribution in [-0.4, -0.2) is 17.1 Å². The van der Waals surface area contributed by atoms with Gasteiger partial charge in [0.2, 0.25) is 0 Å². The lowest BCUT2D eigenvalue weighted by molar-refractivity contribution is -0.275. The number of aliphatic imine (C=N–C) groups is 1. The number of hydrogen-bond acceptors (Lipinski definition) is 4. The van der Waals surface area contributed by atoms with Gasteiger partial charge in [-0.15, -0.1) is 13.2 Å². The van der Waals surface area contributed by atoms with Crippen LogP contribution in [0.5, 0.6) is 5.75 Å². The number of hydrogen-bond donors (Lipinski definition) is 1. The molecule has 0 radical (unpaired) electrons. The van der Waals surface area contributed by atoms with E-state index in [1.807, 2.05) is 19.1 Å². The second-order valence-electron chi connectivity index (χ2n) is 7.41. The van der Waals surface area contributed by atoms with Crippen molar-refractivity contribution in [3.8, 4) is 5.75 Å². The van der Waals surface area contributed by atoms with Crippen LogP contribution in [0.4, 0.5) is 29.1 Å². The van der Waals surface area contributed by atoms with E-state index in [0.717, 1.165) is 54.8 Å². The molecule has 0 bridgehead atoms. The Balaban J connectivity index is 2.16. The molecular weight excluding hydrogens is 434 g/mol. The van der Waals surface area contributed by atoms with E-state index in [0.29, 0.717) is 11.7 Å². The zero-order valence-electron chi connectivity index (χ0n) is 19.0. The normalized spacial score (nSPS) is 13.5. The van der Waals surface area contributed by atoms with Gasteiger partial charge in [-0.2, -0.15) is 0 Å². The number of anilines is 2. The van der Waals surface area contributed by atoms with Crippen molar-refractivity contribution >= 4 is 22.9 Å². The number of alkyl halides is 3. The molecule has 178 valence electrons. The number of rotatable bonds is 11. The van der Waals surface area contributed by atoms with Crippen LogP contribution in [0.1, 0.15) is 52.0 Å². The highest BCUT2D eigenvalue weighted by Gasteiger charge is 2.32. The average molecular weight is 464 g/mol. The van der Waals surface area contributed by atoms with Crippen LogP contribution >= 0.6 is 0 Å². The number of nitrogens with one attached hydrogen (secondary N) is 1. The molecule has 2 aromatic rings. The first-order valence-corrected chi connectivity index (χ1v) is 10.9. The predicted molar refractivity (Wildman–Crippen MR) is 125 cm³/mol. The van der Waals surface area contributed by atoms with Gasteiger partial charge in [0.1, 0.15) is 5.82 Å². The molecule has 0 unspecified atom stereocenters. The summed E-state index contributed by atoms with van der Waals surface area (Å²) in [5.41, 5.74) is 2.74. The number of allylic oxidation sites excluding steroid dienone is 2. The van der Waals surface area contributed by atoms with Gasteiger partial charge < -0.3 is 10.1 Å². The molecule has 0 fully saturated rings. The highest BCUT2D eigenvalue weighted by atomic mass is 19.4. The lowest BCUT2D eigenvalue weighted by atomic mass is 9.93. The minimum Gasteiger partial charge on any atom is -0.403 e. The van der Waals surface area contributed by atoms with E-state index in [4.69, 9.17) is 4.99 Å². The molecule has 8 heteroatoms. The molecule has 4 nitrogen and oxygen atoms in total. The van der Waals surface area contributed by atoms with Gasteiger partial charge in [-0.05, 0) is 50.1 Å². The molecule has 0 aliphatic carbocycles. The van der Waals surface area contributed by atoms with E-state index in [9.17, 15) is 17.6 Å². The van der Waals surface area contributed by atoms with E-state index in [1.165, 1.54) is 6.07 Å². The Hall–Kier alpha value is -3.16. The van der Waals surface area contributed by atoms with Gasteiger partial charge in [0.15, 0.2) is 11.6 Å². The van der Waals surface area contributed by atoms with E-state index in [2.05, 4.69) is 35.5 Å². The van der Waals surface area contributed by atoms with Gasteiger partial charge in [-0.25, -0.2) is 9.37 Å². The van der Waals surface area contributed by atoms with Crippen LogP contribution in [-0.2, 0) is 0 Å². The third-order valence-corrected chi connectivity index (χ3v) is 5.04. The molecule has 1 aromatic carbocycles. The SMILES string of the molecule is C=CC(=NC(=CC)c1ccc(Nc2ccc(OC(F)(F)F)c(F)c2)nc1)[C@@H](CC)CCCC. The molecule has 0 spiro atoms. The number of nitrogens with zero attached hydrogens (tertiary/aromatic N) is 2. The smallest absolute Gasteiger partial charge is 0.403 e. The van der Waals surface area contributed by atoms with Crippen molar-refractivity contribution in [2.24, 2.45) is 10.9 Å². The maximum absolute atomic E-state index is 13.9. The number of benzene rings is 1. The third-order valence-electron chi connectivity index (χ3n) is 5.04. The lowest BCUT2D eigenvalue weighted by Gasteiger charge is -2.16. The van der Waals surface area contributed by atoms with Crippen LogP contribution in [0.3, 0.4) is 0 Å². The van der Waals surface area contributed by atoms with E-state index in [1.54, 1.807) is 18.3 Å². The first-order valence-electron chi connectivity index (χ1n) is 10.9. The van der Waals surface area contributed by atoms with E-state index >= 15 is 0 Å². The third kappa shape index (κ3) is 8.04. The number of pyridine rings is 1. The van der Waals surface area contributed by atoms with Crippen molar-refractivity contribution in [3.05, 3.63) is 66.6 Å². The first kappa shape index (κ1) is 26.1. The maximum atomic E-state index is 13.9. The fraction of sp³-hybridized carbons (Fsp3) is 0.360. The molecule has 0 saturated heterocycles. The lowest BCUT2D eigenvalue weighted by Crippen LogP contribution is -2.17. The molecule has 0 aliphatic rings. The van der Waals surface area contributed by atoms with Crippen LogP contribution in [0.15, 0.2) is 60.3 Å².